The molecule has 5 aromatic rings. The molecular formula is C50H63N10O16P3S. The number of nitrogens with one attached hydrogen (secondary N) is 3. The monoisotopic (exact) mass is 1180 g/mol. The van der Waals surface area contributed by atoms with Crippen molar-refractivity contribution >= 4 is 80.3 Å². The van der Waals surface area contributed by atoms with Crippen LogP contribution in [-0.4, -0.2) is 130 Å². The van der Waals surface area contributed by atoms with Gasteiger partial charge in [-0.3, -0.25) is 23.7 Å². The van der Waals surface area contributed by atoms with Gasteiger partial charge in [-0.2, -0.15) is 4.31 Å². The number of phosphoric acid groups is 2. The number of alkyl carbamates (subject to hydrolysis) is 1. The number of rotatable bonds is 18. The highest BCUT2D eigenvalue weighted by atomic mass is 32.5. The Kier molecular flexibility index (Phi) is 16.6. The summed E-state index contributed by atoms with van der Waals surface area (Å²) in [6.07, 6.45) is -3.14. The average Bonchev–Trinajstić information content (AvgIpc) is 4.02. The maximum Gasteiger partial charge on any atom is 0.488 e. The van der Waals surface area contributed by atoms with Crippen molar-refractivity contribution in [2.24, 2.45) is 4.99 Å². The molecule has 0 bridgehead atoms. The molecule has 4 unspecified atom stereocenters. The highest BCUT2D eigenvalue weighted by Crippen LogP contribution is 2.66. The summed E-state index contributed by atoms with van der Waals surface area (Å²) in [7, 11) is -9.54. The van der Waals surface area contributed by atoms with Crippen LogP contribution in [-0.2, 0) is 48.4 Å². The van der Waals surface area contributed by atoms with Crippen molar-refractivity contribution in [3.63, 3.8) is 0 Å². The summed E-state index contributed by atoms with van der Waals surface area (Å²) in [6.45, 7) is 7.25. The second-order valence-corrected chi connectivity index (χ2v) is 27.4. The van der Waals surface area contributed by atoms with Gasteiger partial charge in [0.2, 0.25) is 5.91 Å². The number of aliphatic hydroxyl groups is 1. The summed E-state index contributed by atoms with van der Waals surface area (Å²) in [5.74, 6) is 1.19. The van der Waals surface area contributed by atoms with Crippen molar-refractivity contribution in [1.82, 2.24) is 35.1 Å². The molecule has 3 amide bonds. The van der Waals surface area contributed by atoms with E-state index in [0.29, 0.717) is 23.5 Å². The summed E-state index contributed by atoms with van der Waals surface area (Å²) >= 11 is 4.10. The molecule has 1 saturated heterocycles. The van der Waals surface area contributed by atoms with E-state index in [4.69, 9.17) is 29.5 Å². The van der Waals surface area contributed by atoms with E-state index >= 15 is 0 Å². The molecule has 430 valence electrons. The van der Waals surface area contributed by atoms with Crippen molar-refractivity contribution in [3.8, 4) is 11.5 Å². The largest absolute Gasteiger partial charge is 0.488 e. The van der Waals surface area contributed by atoms with Crippen LogP contribution in [0.2, 0.25) is 0 Å². The predicted molar refractivity (Wildman–Crippen MR) is 293 cm³/mol. The Balaban J connectivity index is 0.832. The highest BCUT2D eigenvalue weighted by Gasteiger charge is 2.50. The number of amides is 3. The molecule has 8 atom stereocenters. The van der Waals surface area contributed by atoms with Crippen LogP contribution in [0.4, 0.5) is 16.3 Å². The first kappa shape index (κ1) is 58.9. The van der Waals surface area contributed by atoms with Gasteiger partial charge in [-0.25, -0.2) is 33.2 Å². The Morgan fingerprint density at radius 2 is 1.65 bits per heavy atom. The molecule has 4 aliphatic heterocycles. The fraction of sp³-hybridized carbons (Fsp3) is 0.460. The van der Waals surface area contributed by atoms with Crippen LogP contribution < -0.4 is 37.0 Å². The summed E-state index contributed by atoms with van der Waals surface area (Å²) in [5.41, 5.74) is 12.1. The van der Waals surface area contributed by atoms with Gasteiger partial charge < -0.3 is 65.5 Å². The molecule has 0 spiro atoms. The lowest BCUT2D eigenvalue weighted by atomic mass is 9.79. The number of carbonyl (C=O) groups is 3. The van der Waals surface area contributed by atoms with E-state index in [2.05, 4.69) is 111 Å². The lowest BCUT2D eigenvalue weighted by Crippen LogP contribution is -2.41. The van der Waals surface area contributed by atoms with Crippen LogP contribution in [0.15, 0.2) is 66.2 Å². The Hall–Kier alpha value is -5.76. The van der Waals surface area contributed by atoms with Gasteiger partial charge in [-0.1, -0.05) is 32.0 Å². The molecule has 0 radical (unpaired) electrons. The third-order valence-electron chi connectivity index (χ3n) is 14.0. The molecule has 4 aliphatic rings. The quantitative estimate of drug-likeness (QED) is 0.0410. The molecule has 30 heteroatoms. The van der Waals surface area contributed by atoms with Crippen molar-refractivity contribution in [2.45, 2.75) is 115 Å². The van der Waals surface area contributed by atoms with Gasteiger partial charge >= 0.3 is 28.5 Å². The second kappa shape index (κ2) is 22.5. The van der Waals surface area contributed by atoms with Crippen LogP contribution >= 0.6 is 22.4 Å². The standard InChI is InChI=1S/C50H63N10O16P3S/c1-26-21-49(3,4)57-34-19-36-32(17-30(26)34)40(33-18-31-27(2)22-50(5,6)58-35(31)20-37(33)72-36)28-11-8-9-12-29(28)46(63)59(7)16-10-13-39(61)52-14-15-53-48(64)74-43-42(62)38(23-71-77(65,66)75-78(67,68)76-79(69,70)80)73-47(43)60-25-56-41-44(51)54-24-55-45(41)60/h8-9,11-12,17-20,24-27,38,42-43,47,57,62H,10,13-16,21-23H2,1-7H3,(H,52,61)(H,53,64)(H,65,66)(H,67,68)(H2,51,54,55)(H2,69,70,80)/t26?,27?,38-,42-,43-,47-/m1/s1. The van der Waals surface area contributed by atoms with Gasteiger partial charge in [0, 0.05) is 78.4 Å². The number of benzene rings is 3. The Labute approximate surface area is 464 Å². The lowest BCUT2D eigenvalue weighted by molar-refractivity contribution is -0.121. The van der Waals surface area contributed by atoms with Gasteiger partial charge in [-0.05, 0) is 105 Å². The van der Waals surface area contributed by atoms with E-state index in [0.717, 1.165) is 57.7 Å². The fourth-order valence-corrected chi connectivity index (χ4v) is 14.6. The van der Waals surface area contributed by atoms with E-state index < -0.39 is 59.6 Å². The van der Waals surface area contributed by atoms with Gasteiger partial charge in [-0.15, -0.1) is 0 Å². The number of imidazole rings is 1. The zero-order valence-electron chi connectivity index (χ0n) is 44.6. The number of nitrogen functional groups attached to an aromatic ring is 1. The number of hydrogen-bond donors (Lipinski definition) is 9. The van der Waals surface area contributed by atoms with Gasteiger partial charge in [0.15, 0.2) is 23.8 Å². The van der Waals surface area contributed by atoms with Crippen molar-refractivity contribution in [3.05, 3.63) is 99.6 Å². The normalized spacial score (nSPS) is 23.1. The van der Waals surface area contributed by atoms with Gasteiger partial charge in [0.1, 0.15) is 35.6 Å². The van der Waals surface area contributed by atoms with Crippen LogP contribution in [0.1, 0.15) is 118 Å². The first-order valence-corrected chi connectivity index (χ1v) is 31.1. The minimum Gasteiger partial charge on any atom is -0.456 e. The predicted octanol–water partition coefficient (Wildman–Crippen LogP) is 4.85. The fourth-order valence-electron chi connectivity index (χ4n) is 10.9. The van der Waals surface area contributed by atoms with Crippen molar-refractivity contribution < 1.29 is 75.5 Å². The number of nitrogens with zero attached hydrogens (tertiary/aromatic N) is 6. The van der Waals surface area contributed by atoms with E-state index in [-0.39, 0.29) is 77.8 Å². The third kappa shape index (κ3) is 13.1. The summed E-state index contributed by atoms with van der Waals surface area (Å²) in [5, 5.41) is 22.0. The van der Waals surface area contributed by atoms with Crippen molar-refractivity contribution in [2.75, 3.05) is 44.3 Å². The first-order valence-electron chi connectivity index (χ1n) is 25.5. The zero-order valence-corrected chi connectivity index (χ0v) is 48.1. The van der Waals surface area contributed by atoms with E-state index in [1.54, 1.807) is 11.9 Å². The Bertz CT molecular complexity index is 3560. The summed E-state index contributed by atoms with van der Waals surface area (Å²) in [4.78, 5) is 97.8. The number of phosphoric ester groups is 1. The summed E-state index contributed by atoms with van der Waals surface area (Å²) in [6, 6.07) is 16.0. The maximum absolute atomic E-state index is 14.6. The van der Waals surface area contributed by atoms with Crippen LogP contribution in [0, 0.1) is 0 Å². The number of hydrogen-bond acceptors (Lipinski definition) is 19. The van der Waals surface area contributed by atoms with E-state index in [1.807, 2.05) is 30.3 Å². The maximum atomic E-state index is 14.6. The van der Waals surface area contributed by atoms with Crippen molar-refractivity contribution in [1.29, 1.82) is 0 Å². The van der Waals surface area contributed by atoms with Crippen LogP contribution in [0.25, 0.3) is 16.7 Å². The Morgan fingerprint density at radius 1 is 0.925 bits per heavy atom. The lowest BCUT2D eigenvalue weighted by Gasteiger charge is -2.38. The zero-order chi connectivity index (χ0) is 57.9. The highest BCUT2D eigenvalue weighted by molar-refractivity contribution is 8.08. The van der Waals surface area contributed by atoms with Gasteiger partial charge in [0.25, 0.3) is 5.91 Å². The number of carbonyl (C=O) groups excluding carboxylic acids is 3. The van der Waals surface area contributed by atoms with Crippen LogP contribution in [0.5, 0.6) is 11.5 Å². The summed E-state index contributed by atoms with van der Waals surface area (Å²) < 4.78 is 56.7. The molecule has 0 aliphatic carbocycles. The topological polar surface area (TPSA) is 363 Å². The smallest absolute Gasteiger partial charge is 0.456 e. The minimum atomic E-state index is -5.66. The second-order valence-electron chi connectivity index (χ2n) is 21.5. The number of ether oxygens (including phenoxy) is 3. The van der Waals surface area contributed by atoms with Crippen LogP contribution in [0.3, 0.4) is 0 Å². The molecule has 1 fully saturated rings. The molecule has 0 saturated carbocycles. The SMILES string of the molecule is CC1CC(C)(C)Nc2cc3c(cc21)C(c1ccccc1C(=O)N(C)CCCC(=O)NCCNC(=O)O[C@@H]1[C@H](O)[C@@H](COP(=O)(O)OP(=O)(O)OP(O)(O)=S)O[C@H]1n1cnc2c(N)ncnc21)=c1cc2c(cc1O3)=NC(C)(C)CC2C. The number of aliphatic hydroxyl groups excluding tert-OH is 1. The first-order chi connectivity index (χ1) is 37.5. The Morgan fingerprint density at radius 3 is 2.40 bits per heavy atom. The minimum absolute atomic E-state index is 0.0242. The molecule has 10 N–H and O–H groups in total. The average molecular weight is 1190 g/mol. The molecular weight excluding hydrogens is 1120 g/mol. The van der Waals surface area contributed by atoms with Gasteiger partial charge in [0.05, 0.1) is 23.8 Å². The molecule has 2 aromatic heterocycles. The number of nitrogens with two attached hydrogens (primary N) is 1. The number of anilines is 2. The molecule has 26 nitrogen and oxygen atoms in total. The molecule has 6 heterocycles. The number of aromatic nitrogens is 4. The molecule has 80 heavy (non-hydrogen) atoms. The third-order valence-corrected chi connectivity index (χ3v) is 18.4. The van der Waals surface area contributed by atoms with E-state index in [1.165, 1.54) is 16.5 Å². The molecule has 3 aromatic carbocycles. The molecule has 9 rings (SSSR count). The number of fused-ring (bicyclic) bond motifs is 5. The van der Waals surface area contributed by atoms with E-state index in [9.17, 15) is 48.2 Å².